The van der Waals surface area contributed by atoms with Gasteiger partial charge in [0.25, 0.3) is 15.9 Å². The van der Waals surface area contributed by atoms with Crippen LogP contribution in [-0.2, 0) is 10.0 Å². The fourth-order valence-corrected chi connectivity index (χ4v) is 3.72. The van der Waals surface area contributed by atoms with Crippen molar-refractivity contribution >= 4 is 21.6 Å². The third kappa shape index (κ3) is 4.02. The van der Waals surface area contributed by atoms with E-state index in [-0.39, 0.29) is 10.8 Å². The van der Waals surface area contributed by atoms with Gasteiger partial charge in [-0.3, -0.25) is 9.10 Å². The molecular weight excluding hydrogens is 336 g/mol. The Bertz CT molecular complexity index is 841. The van der Waals surface area contributed by atoms with Crippen LogP contribution in [0.5, 0.6) is 0 Å². The maximum Gasteiger partial charge on any atom is 0.264 e. The first kappa shape index (κ1) is 19.0. The SMILES string of the molecule is CCN(CC)C(=O)c1cccc(N(C)S(=O)(=O)c2ccc(C)cc2)c1. The first-order valence-corrected chi connectivity index (χ1v) is 9.70. The lowest BCUT2D eigenvalue weighted by atomic mass is 10.1. The van der Waals surface area contributed by atoms with Gasteiger partial charge >= 0.3 is 0 Å². The van der Waals surface area contributed by atoms with E-state index in [1.807, 2.05) is 20.8 Å². The van der Waals surface area contributed by atoms with Crippen molar-refractivity contribution in [1.82, 2.24) is 4.90 Å². The van der Waals surface area contributed by atoms with Crippen LogP contribution in [0.4, 0.5) is 5.69 Å². The molecule has 0 heterocycles. The van der Waals surface area contributed by atoms with E-state index in [0.717, 1.165) is 5.56 Å². The van der Waals surface area contributed by atoms with E-state index in [4.69, 9.17) is 0 Å². The average molecular weight is 360 g/mol. The molecule has 0 saturated carbocycles. The fraction of sp³-hybridized carbons (Fsp3) is 0.316. The van der Waals surface area contributed by atoms with E-state index >= 15 is 0 Å². The summed E-state index contributed by atoms with van der Waals surface area (Å²) >= 11 is 0. The van der Waals surface area contributed by atoms with Crippen LogP contribution in [-0.4, -0.2) is 39.4 Å². The van der Waals surface area contributed by atoms with Crippen LogP contribution < -0.4 is 4.31 Å². The van der Waals surface area contributed by atoms with Crippen LogP contribution in [0.2, 0.25) is 0 Å². The van der Waals surface area contributed by atoms with Crippen molar-refractivity contribution in [3.8, 4) is 0 Å². The van der Waals surface area contributed by atoms with Crippen LogP contribution in [0.15, 0.2) is 53.4 Å². The molecular formula is C19H24N2O3S. The second-order valence-corrected chi connectivity index (χ2v) is 7.78. The Morgan fingerprint density at radius 2 is 1.60 bits per heavy atom. The molecule has 0 aliphatic rings. The molecule has 2 rings (SSSR count). The molecule has 25 heavy (non-hydrogen) atoms. The number of benzene rings is 2. The topological polar surface area (TPSA) is 57.7 Å². The highest BCUT2D eigenvalue weighted by Gasteiger charge is 2.22. The third-order valence-corrected chi connectivity index (χ3v) is 5.99. The van der Waals surface area contributed by atoms with Crippen molar-refractivity contribution < 1.29 is 13.2 Å². The van der Waals surface area contributed by atoms with Crippen LogP contribution in [0, 0.1) is 6.92 Å². The van der Waals surface area contributed by atoms with E-state index in [2.05, 4.69) is 0 Å². The van der Waals surface area contributed by atoms with Gasteiger partial charge in [-0.15, -0.1) is 0 Å². The zero-order chi connectivity index (χ0) is 18.6. The summed E-state index contributed by atoms with van der Waals surface area (Å²) in [7, 11) is -2.18. The van der Waals surface area contributed by atoms with Gasteiger partial charge in [-0.1, -0.05) is 23.8 Å². The third-order valence-electron chi connectivity index (χ3n) is 4.19. The highest BCUT2D eigenvalue weighted by atomic mass is 32.2. The molecule has 0 atom stereocenters. The molecule has 5 nitrogen and oxygen atoms in total. The molecule has 2 aromatic carbocycles. The number of carbonyl (C=O) groups is 1. The van der Waals surface area contributed by atoms with Crippen molar-refractivity contribution in [2.45, 2.75) is 25.7 Å². The number of hydrogen-bond acceptors (Lipinski definition) is 3. The number of hydrogen-bond donors (Lipinski definition) is 0. The highest BCUT2D eigenvalue weighted by Crippen LogP contribution is 2.23. The van der Waals surface area contributed by atoms with E-state index in [0.29, 0.717) is 24.3 Å². The first-order valence-electron chi connectivity index (χ1n) is 8.26. The van der Waals surface area contributed by atoms with Crippen LogP contribution in [0.1, 0.15) is 29.8 Å². The number of carbonyl (C=O) groups excluding carboxylic acids is 1. The standard InChI is InChI=1S/C19H24N2O3S/c1-5-21(6-2)19(22)16-8-7-9-17(14-16)20(4)25(23,24)18-12-10-15(3)11-13-18/h7-14H,5-6H2,1-4H3. The number of anilines is 1. The minimum Gasteiger partial charge on any atom is -0.339 e. The van der Waals surface area contributed by atoms with E-state index in [1.165, 1.54) is 11.4 Å². The normalized spacial score (nSPS) is 11.2. The molecule has 0 radical (unpaired) electrons. The largest absolute Gasteiger partial charge is 0.339 e. The first-order chi connectivity index (χ1) is 11.8. The predicted molar refractivity (Wildman–Crippen MR) is 100 cm³/mol. The van der Waals surface area contributed by atoms with E-state index in [9.17, 15) is 13.2 Å². The van der Waals surface area contributed by atoms with Gasteiger partial charge < -0.3 is 4.90 Å². The van der Waals surface area contributed by atoms with Gasteiger partial charge in [-0.05, 0) is 51.1 Å². The van der Waals surface area contributed by atoms with Gasteiger partial charge in [0.2, 0.25) is 0 Å². The van der Waals surface area contributed by atoms with Crippen molar-refractivity contribution in [3.63, 3.8) is 0 Å². The van der Waals surface area contributed by atoms with Crippen LogP contribution in [0.25, 0.3) is 0 Å². The Balaban J connectivity index is 2.36. The second kappa shape index (κ2) is 7.70. The summed E-state index contributed by atoms with van der Waals surface area (Å²) in [6.45, 7) is 6.95. The zero-order valence-electron chi connectivity index (χ0n) is 15.1. The summed E-state index contributed by atoms with van der Waals surface area (Å²) in [5, 5.41) is 0. The highest BCUT2D eigenvalue weighted by molar-refractivity contribution is 7.92. The number of sulfonamides is 1. The number of rotatable bonds is 6. The number of amides is 1. The molecule has 2 aromatic rings. The quantitative estimate of drug-likeness (QED) is 0.794. The number of aryl methyl sites for hydroxylation is 1. The van der Waals surface area contributed by atoms with Gasteiger partial charge in [0.1, 0.15) is 0 Å². The van der Waals surface area contributed by atoms with Gasteiger partial charge in [0.15, 0.2) is 0 Å². The summed E-state index contributed by atoms with van der Waals surface area (Å²) in [5.74, 6) is -0.104. The fourth-order valence-electron chi connectivity index (χ4n) is 2.54. The zero-order valence-corrected chi connectivity index (χ0v) is 15.9. The maximum absolute atomic E-state index is 12.8. The minimum atomic E-state index is -3.67. The molecule has 0 aliphatic carbocycles. The summed E-state index contributed by atoms with van der Waals surface area (Å²) in [5.41, 5.74) is 1.93. The van der Waals surface area contributed by atoms with Gasteiger partial charge in [0, 0.05) is 25.7 Å². The smallest absolute Gasteiger partial charge is 0.264 e. The molecule has 0 N–H and O–H groups in total. The van der Waals surface area contributed by atoms with Crippen molar-refractivity contribution in [2.75, 3.05) is 24.4 Å². The van der Waals surface area contributed by atoms with E-state index in [1.54, 1.807) is 53.4 Å². The van der Waals surface area contributed by atoms with Crippen LogP contribution >= 0.6 is 0 Å². The Hall–Kier alpha value is -2.34. The lowest BCUT2D eigenvalue weighted by Crippen LogP contribution is -2.31. The number of nitrogens with zero attached hydrogens (tertiary/aromatic N) is 2. The molecule has 0 unspecified atom stereocenters. The summed E-state index contributed by atoms with van der Waals surface area (Å²) in [6.07, 6.45) is 0. The molecule has 0 spiro atoms. The Labute approximate surface area is 149 Å². The monoisotopic (exact) mass is 360 g/mol. The summed E-state index contributed by atoms with van der Waals surface area (Å²) in [6, 6.07) is 13.4. The summed E-state index contributed by atoms with van der Waals surface area (Å²) in [4.78, 5) is 14.4. The average Bonchev–Trinajstić information content (AvgIpc) is 2.62. The molecule has 0 bridgehead atoms. The Morgan fingerprint density at radius 3 is 2.16 bits per heavy atom. The molecule has 0 aromatic heterocycles. The van der Waals surface area contributed by atoms with E-state index < -0.39 is 10.0 Å². The Kier molecular flexibility index (Phi) is 5.85. The lowest BCUT2D eigenvalue weighted by molar-refractivity contribution is 0.0773. The minimum absolute atomic E-state index is 0.104. The molecule has 134 valence electrons. The van der Waals surface area contributed by atoms with Crippen LogP contribution in [0.3, 0.4) is 0 Å². The van der Waals surface area contributed by atoms with Crippen molar-refractivity contribution in [3.05, 3.63) is 59.7 Å². The molecule has 0 fully saturated rings. The van der Waals surface area contributed by atoms with Crippen molar-refractivity contribution in [2.24, 2.45) is 0 Å². The van der Waals surface area contributed by atoms with Gasteiger partial charge in [-0.25, -0.2) is 8.42 Å². The van der Waals surface area contributed by atoms with Gasteiger partial charge in [-0.2, -0.15) is 0 Å². The lowest BCUT2D eigenvalue weighted by Gasteiger charge is -2.22. The molecule has 6 heteroatoms. The second-order valence-electron chi connectivity index (χ2n) is 5.81. The predicted octanol–water partition coefficient (Wildman–Crippen LogP) is 3.30. The van der Waals surface area contributed by atoms with Gasteiger partial charge in [0.05, 0.1) is 10.6 Å². The molecule has 0 saturated heterocycles. The Morgan fingerprint density at radius 1 is 1.00 bits per heavy atom. The summed E-state index contributed by atoms with van der Waals surface area (Å²) < 4.78 is 26.8. The van der Waals surface area contributed by atoms with Crippen molar-refractivity contribution in [1.29, 1.82) is 0 Å². The maximum atomic E-state index is 12.8. The molecule has 0 aliphatic heterocycles. The molecule has 1 amide bonds.